The van der Waals surface area contributed by atoms with Gasteiger partial charge in [0.15, 0.2) is 0 Å². The number of nitrogens with zero attached hydrogens (tertiary/aromatic N) is 1. The Morgan fingerprint density at radius 2 is 1.51 bits per heavy atom. The van der Waals surface area contributed by atoms with Gasteiger partial charge in [0, 0.05) is 34.6 Å². The highest BCUT2D eigenvalue weighted by molar-refractivity contribution is 6.36. The highest BCUT2D eigenvalue weighted by Crippen LogP contribution is 2.28. The molecule has 1 aliphatic rings. The first-order valence-electron chi connectivity index (χ1n) is 12.9. The Morgan fingerprint density at radius 1 is 0.892 bits per heavy atom. The van der Waals surface area contributed by atoms with Crippen molar-refractivity contribution in [3.05, 3.63) is 105 Å². The normalized spacial score (nSPS) is 14.4. The summed E-state index contributed by atoms with van der Waals surface area (Å²) in [6.45, 7) is 4.20. The first kappa shape index (κ1) is 27.2. The molecule has 37 heavy (non-hydrogen) atoms. The first-order valence-corrected chi connectivity index (χ1v) is 13.7. The second kappa shape index (κ2) is 12.6. The number of benzene rings is 3. The van der Waals surface area contributed by atoms with Crippen LogP contribution in [0.3, 0.4) is 0 Å². The van der Waals surface area contributed by atoms with E-state index in [2.05, 4.69) is 11.4 Å². The third-order valence-corrected chi connectivity index (χ3v) is 7.71. The smallest absolute Gasteiger partial charge is 0.243 e. The maximum atomic E-state index is 14.0. The van der Waals surface area contributed by atoms with Crippen LogP contribution in [0.5, 0.6) is 0 Å². The van der Waals surface area contributed by atoms with Crippen molar-refractivity contribution in [2.75, 3.05) is 0 Å². The van der Waals surface area contributed by atoms with Gasteiger partial charge in [0.05, 0.1) is 6.42 Å². The molecule has 0 unspecified atom stereocenters. The summed E-state index contributed by atoms with van der Waals surface area (Å²) in [6.07, 6.45) is 4.75. The van der Waals surface area contributed by atoms with Crippen molar-refractivity contribution in [2.45, 2.75) is 71.0 Å². The predicted octanol–water partition coefficient (Wildman–Crippen LogP) is 6.85. The molecule has 3 aromatic carbocycles. The lowest BCUT2D eigenvalue weighted by atomic mass is 10.00. The summed E-state index contributed by atoms with van der Waals surface area (Å²) >= 11 is 13.1. The van der Waals surface area contributed by atoms with Gasteiger partial charge in [-0.2, -0.15) is 0 Å². The van der Waals surface area contributed by atoms with Crippen LogP contribution in [0.4, 0.5) is 0 Å². The van der Waals surface area contributed by atoms with Gasteiger partial charge in [-0.1, -0.05) is 102 Å². The summed E-state index contributed by atoms with van der Waals surface area (Å²) in [4.78, 5) is 29.5. The second-order valence-corrected chi connectivity index (χ2v) is 10.9. The van der Waals surface area contributed by atoms with Gasteiger partial charge in [0.2, 0.25) is 11.8 Å². The Labute approximate surface area is 230 Å². The van der Waals surface area contributed by atoms with E-state index in [9.17, 15) is 9.59 Å². The number of carbonyl (C=O) groups is 2. The van der Waals surface area contributed by atoms with Gasteiger partial charge in [0.25, 0.3) is 0 Å². The van der Waals surface area contributed by atoms with Gasteiger partial charge in [-0.3, -0.25) is 9.59 Å². The van der Waals surface area contributed by atoms with Crippen LogP contribution in [0.1, 0.15) is 53.5 Å². The van der Waals surface area contributed by atoms with Gasteiger partial charge in [-0.05, 0) is 49.9 Å². The maximum Gasteiger partial charge on any atom is 0.243 e. The summed E-state index contributed by atoms with van der Waals surface area (Å²) in [6, 6.07) is 20.7. The molecule has 1 fully saturated rings. The van der Waals surface area contributed by atoms with E-state index >= 15 is 0 Å². The lowest BCUT2D eigenvalue weighted by Crippen LogP contribution is -2.52. The van der Waals surface area contributed by atoms with E-state index in [1.54, 1.807) is 23.1 Å². The number of nitrogens with one attached hydrogen (secondary N) is 1. The largest absolute Gasteiger partial charge is 0.352 e. The van der Waals surface area contributed by atoms with Crippen LogP contribution in [-0.2, 0) is 29.0 Å². The van der Waals surface area contributed by atoms with Crippen molar-refractivity contribution >= 4 is 35.0 Å². The van der Waals surface area contributed by atoms with Gasteiger partial charge in [-0.25, -0.2) is 0 Å². The van der Waals surface area contributed by atoms with Crippen LogP contribution in [0.15, 0.2) is 66.7 Å². The van der Waals surface area contributed by atoms with E-state index in [0.717, 1.165) is 47.9 Å². The minimum absolute atomic E-state index is 0.132. The van der Waals surface area contributed by atoms with Gasteiger partial charge >= 0.3 is 0 Å². The van der Waals surface area contributed by atoms with Crippen molar-refractivity contribution in [3.63, 3.8) is 0 Å². The molecule has 6 heteroatoms. The molecule has 1 N–H and O–H groups in total. The number of hydrogen-bond acceptors (Lipinski definition) is 2. The number of halogens is 2. The SMILES string of the molecule is Cc1cc(C)cc(CC(=O)N(Cc2c(Cl)cccc2Cl)[C@H](Cc2ccccc2)C(=O)NC2CCCC2)c1. The number of rotatable bonds is 9. The summed E-state index contributed by atoms with van der Waals surface area (Å²) in [5, 5.41) is 4.19. The zero-order valence-electron chi connectivity index (χ0n) is 21.5. The van der Waals surface area contributed by atoms with Crippen molar-refractivity contribution in [1.29, 1.82) is 0 Å². The third-order valence-electron chi connectivity index (χ3n) is 7.00. The second-order valence-electron chi connectivity index (χ2n) is 10.1. The van der Waals surface area contributed by atoms with Crippen LogP contribution in [0, 0.1) is 13.8 Å². The fourth-order valence-electron chi connectivity index (χ4n) is 5.22. The number of hydrogen-bond donors (Lipinski definition) is 1. The Hall–Kier alpha value is -2.82. The number of carbonyl (C=O) groups excluding carboxylic acids is 2. The molecule has 194 valence electrons. The van der Waals surface area contributed by atoms with Gasteiger partial charge in [0.1, 0.15) is 6.04 Å². The molecule has 1 aliphatic carbocycles. The Morgan fingerprint density at radius 3 is 2.14 bits per heavy atom. The van der Waals surface area contributed by atoms with Crippen LogP contribution in [0.2, 0.25) is 10.0 Å². The molecule has 2 amide bonds. The molecule has 0 saturated heterocycles. The third kappa shape index (κ3) is 7.37. The fourth-order valence-corrected chi connectivity index (χ4v) is 5.74. The standard InChI is InChI=1S/C31H34Cl2N2O2/c1-21-15-22(2)17-24(16-21)19-30(36)35(20-26-27(32)13-8-14-28(26)33)29(18-23-9-4-3-5-10-23)31(37)34-25-11-6-7-12-25/h3-5,8-10,13-17,25,29H,6-7,11-12,18-20H2,1-2H3,(H,34,37)/t29-/m1/s1. The van der Waals surface area contributed by atoms with E-state index < -0.39 is 6.04 Å². The lowest BCUT2D eigenvalue weighted by Gasteiger charge is -2.33. The van der Waals surface area contributed by atoms with Gasteiger partial charge < -0.3 is 10.2 Å². The molecule has 4 rings (SSSR count). The van der Waals surface area contributed by atoms with Crippen molar-refractivity contribution in [2.24, 2.45) is 0 Å². The molecular weight excluding hydrogens is 503 g/mol. The highest BCUT2D eigenvalue weighted by Gasteiger charge is 2.33. The summed E-state index contributed by atoms with van der Waals surface area (Å²) in [7, 11) is 0. The Balaban J connectivity index is 1.71. The topological polar surface area (TPSA) is 49.4 Å². The molecule has 0 aromatic heterocycles. The highest BCUT2D eigenvalue weighted by atomic mass is 35.5. The summed E-state index contributed by atoms with van der Waals surface area (Å²) in [5.41, 5.74) is 4.76. The van der Waals surface area contributed by atoms with Crippen LogP contribution < -0.4 is 5.32 Å². The molecule has 1 atom stereocenters. The van der Waals surface area contributed by atoms with Crippen LogP contribution in [0.25, 0.3) is 0 Å². The lowest BCUT2D eigenvalue weighted by molar-refractivity contribution is -0.141. The molecule has 4 nitrogen and oxygen atoms in total. The van der Waals surface area contributed by atoms with E-state index in [1.807, 2.05) is 56.3 Å². The Kier molecular flexibility index (Phi) is 9.28. The molecule has 0 aliphatic heterocycles. The minimum Gasteiger partial charge on any atom is -0.352 e. The number of amides is 2. The van der Waals surface area contributed by atoms with Crippen molar-refractivity contribution in [1.82, 2.24) is 10.2 Å². The van der Waals surface area contributed by atoms with Gasteiger partial charge in [-0.15, -0.1) is 0 Å². The number of aryl methyl sites for hydroxylation is 2. The zero-order valence-corrected chi connectivity index (χ0v) is 23.0. The molecule has 0 bridgehead atoms. The predicted molar refractivity (Wildman–Crippen MR) is 151 cm³/mol. The van der Waals surface area contributed by atoms with E-state index in [1.165, 1.54) is 0 Å². The molecule has 1 saturated carbocycles. The average Bonchev–Trinajstić information content (AvgIpc) is 3.36. The summed E-state index contributed by atoms with van der Waals surface area (Å²) < 4.78 is 0. The molecule has 0 spiro atoms. The van der Waals surface area contributed by atoms with Crippen LogP contribution in [-0.4, -0.2) is 28.8 Å². The van der Waals surface area contributed by atoms with Crippen molar-refractivity contribution in [3.8, 4) is 0 Å². The minimum atomic E-state index is -0.700. The van der Waals surface area contributed by atoms with E-state index in [0.29, 0.717) is 22.0 Å². The molecule has 0 heterocycles. The summed E-state index contributed by atoms with van der Waals surface area (Å²) in [5.74, 6) is -0.267. The Bertz CT molecular complexity index is 1200. The van der Waals surface area contributed by atoms with Crippen LogP contribution >= 0.6 is 23.2 Å². The average molecular weight is 538 g/mol. The quantitative estimate of drug-likeness (QED) is 0.325. The van der Waals surface area contributed by atoms with E-state index in [-0.39, 0.29) is 30.8 Å². The van der Waals surface area contributed by atoms with E-state index in [4.69, 9.17) is 23.2 Å². The fraction of sp³-hybridized carbons (Fsp3) is 0.355. The molecule has 3 aromatic rings. The molecule has 0 radical (unpaired) electrons. The zero-order chi connectivity index (χ0) is 26.4. The maximum absolute atomic E-state index is 14.0. The van der Waals surface area contributed by atoms with Crippen molar-refractivity contribution < 1.29 is 9.59 Å². The molecular formula is C31H34Cl2N2O2. The monoisotopic (exact) mass is 536 g/mol. The first-order chi connectivity index (χ1) is 17.8.